The third-order valence-electron chi connectivity index (χ3n) is 5.88. The van der Waals surface area contributed by atoms with Gasteiger partial charge in [0, 0.05) is 5.38 Å². The van der Waals surface area contributed by atoms with Crippen LogP contribution in [0.4, 0.5) is 5.13 Å². The van der Waals surface area contributed by atoms with Gasteiger partial charge in [-0.05, 0) is 37.5 Å². The Morgan fingerprint density at radius 3 is 1.79 bits per heavy atom. The van der Waals surface area contributed by atoms with Crippen LogP contribution in [0, 0.1) is 5.41 Å². The van der Waals surface area contributed by atoms with Crippen molar-refractivity contribution in [2.75, 3.05) is 12.1 Å². The van der Waals surface area contributed by atoms with Crippen LogP contribution >= 0.6 is 11.3 Å². The summed E-state index contributed by atoms with van der Waals surface area (Å²) in [5, 5.41) is 19.1. The number of aliphatic carboxylic acids is 1. The molecule has 0 atom stereocenters. The number of thiazole rings is 1. The fourth-order valence-corrected chi connectivity index (χ4v) is 4.71. The summed E-state index contributed by atoms with van der Waals surface area (Å²) >= 11 is 1.25. The highest BCUT2D eigenvalue weighted by Gasteiger charge is 2.37. The Balaban J connectivity index is 1.69. The lowest BCUT2D eigenvalue weighted by atomic mass is 9.77. The number of ether oxygens (including phenoxy) is 1. The van der Waals surface area contributed by atoms with Crippen LogP contribution in [0.2, 0.25) is 0 Å². The normalized spacial score (nSPS) is 12.0. The molecule has 0 aliphatic carbocycles. The molecule has 0 radical (unpaired) electrons. The van der Waals surface area contributed by atoms with Gasteiger partial charge in [-0.25, -0.2) is 9.78 Å². The number of carbonyl (C=O) groups is 2. The number of aromatic nitrogens is 1. The maximum absolute atomic E-state index is 12.0. The second kappa shape index (κ2) is 11.9. The van der Waals surface area contributed by atoms with Gasteiger partial charge < -0.3 is 20.0 Å². The van der Waals surface area contributed by atoms with Crippen molar-refractivity contribution < 1.29 is 24.3 Å². The molecule has 0 saturated carbocycles. The van der Waals surface area contributed by atoms with E-state index in [1.54, 1.807) is 26.2 Å². The maximum Gasteiger partial charge on any atom is 0.360 e. The lowest BCUT2D eigenvalue weighted by Crippen LogP contribution is -2.38. The fourth-order valence-electron chi connectivity index (χ4n) is 3.96. The standard InChI is InChI=1S/C30H29N3O5S/c1-29(2,3)27(36)37-20-38-33-25(26(34)35)24-19-39-28(31-24)32-30(21-13-7-4-8-14-21,22-15-9-5-10-16-22)23-17-11-6-12-18-23/h4-19H,20H2,1-3H3,(H,31,32)(H,34,35)/b33-25-. The van der Waals surface area contributed by atoms with E-state index in [-0.39, 0.29) is 5.69 Å². The summed E-state index contributed by atoms with van der Waals surface area (Å²) in [6, 6.07) is 30.0. The van der Waals surface area contributed by atoms with Crippen LogP contribution in [0.15, 0.2) is 102 Å². The minimum Gasteiger partial charge on any atom is -0.476 e. The van der Waals surface area contributed by atoms with Gasteiger partial charge in [0.25, 0.3) is 6.79 Å². The molecule has 1 heterocycles. The number of esters is 1. The monoisotopic (exact) mass is 543 g/mol. The van der Waals surface area contributed by atoms with E-state index in [1.165, 1.54) is 11.3 Å². The predicted octanol–water partition coefficient (Wildman–Crippen LogP) is 5.90. The van der Waals surface area contributed by atoms with Crippen molar-refractivity contribution >= 4 is 34.1 Å². The number of nitrogens with one attached hydrogen (secondary N) is 1. The summed E-state index contributed by atoms with van der Waals surface area (Å²) in [5.74, 6) is -1.82. The van der Waals surface area contributed by atoms with Gasteiger partial charge in [0.2, 0.25) is 5.71 Å². The first-order valence-corrected chi connectivity index (χ1v) is 13.1. The molecule has 0 unspecified atom stereocenters. The van der Waals surface area contributed by atoms with Crippen molar-refractivity contribution in [1.29, 1.82) is 0 Å². The Morgan fingerprint density at radius 2 is 1.36 bits per heavy atom. The van der Waals surface area contributed by atoms with Crippen molar-refractivity contribution in [3.63, 3.8) is 0 Å². The Morgan fingerprint density at radius 1 is 0.872 bits per heavy atom. The van der Waals surface area contributed by atoms with Crippen LogP contribution in [-0.2, 0) is 24.7 Å². The highest BCUT2D eigenvalue weighted by molar-refractivity contribution is 7.14. The number of rotatable bonds is 10. The average Bonchev–Trinajstić information content (AvgIpc) is 3.40. The molecule has 0 fully saturated rings. The lowest BCUT2D eigenvalue weighted by Gasteiger charge is -2.36. The average molecular weight is 544 g/mol. The van der Waals surface area contributed by atoms with Gasteiger partial charge in [0.1, 0.15) is 11.2 Å². The van der Waals surface area contributed by atoms with Gasteiger partial charge >= 0.3 is 11.9 Å². The molecular formula is C30H29N3O5S. The summed E-state index contributed by atoms with van der Waals surface area (Å²) in [6.45, 7) is 4.59. The third kappa shape index (κ3) is 6.32. The largest absolute Gasteiger partial charge is 0.476 e. The number of oxime groups is 1. The first-order chi connectivity index (χ1) is 18.7. The molecule has 0 aliphatic heterocycles. The van der Waals surface area contributed by atoms with Crippen molar-refractivity contribution in [2.24, 2.45) is 10.6 Å². The van der Waals surface area contributed by atoms with E-state index in [2.05, 4.69) is 15.5 Å². The molecule has 0 bridgehead atoms. The number of anilines is 1. The number of hydrogen-bond donors (Lipinski definition) is 2. The van der Waals surface area contributed by atoms with Gasteiger partial charge in [-0.1, -0.05) is 96.2 Å². The Kier molecular flexibility index (Phi) is 8.41. The van der Waals surface area contributed by atoms with Crippen molar-refractivity contribution in [1.82, 2.24) is 4.98 Å². The first kappa shape index (κ1) is 27.5. The Labute approximate surface area is 230 Å². The molecule has 39 heavy (non-hydrogen) atoms. The fraction of sp³-hybridized carbons (Fsp3) is 0.200. The smallest absolute Gasteiger partial charge is 0.360 e. The minimum atomic E-state index is -1.32. The summed E-state index contributed by atoms with van der Waals surface area (Å²) in [5.41, 5.74) is 1.11. The predicted molar refractivity (Wildman–Crippen MR) is 151 cm³/mol. The molecule has 0 aliphatic rings. The SMILES string of the molecule is CC(C)(C)C(=O)OCO/N=C(\C(=O)O)c1csc(NC(c2ccccc2)(c2ccccc2)c2ccccc2)n1. The number of carboxylic acids is 1. The lowest BCUT2D eigenvalue weighted by molar-refractivity contribution is -0.165. The number of hydrogen-bond acceptors (Lipinski definition) is 8. The van der Waals surface area contributed by atoms with E-state index < -0.39 is 35.4 Å². The molecule has 4 aromatic rings. The molecule has 0 amide bonds. The zero-order valence-electron chi connectivity index (χ0n) is 21.8. The molecular weight excluding hydrogens is 514 g/mol. The summed E-state index contributed by atoms with van der Waals surface area (Å²) in [4.78, 5) is 33.4. The van der Waals surface area contributed by atoms with Gasteiger partial charge in [-0.3, -0.25) is 4.79 Å². The summed E-state index contributed by atoms with van der Waals surface area (Å²) < 4.78 is 5.00. The van der Waals surface area contributed by atoms with E-state index in [4.69, 9.17) is 9.57 Å². The van der Waals surface area contributed by atoms with E-state index in [1.807, 2.05) is 91.0 Å². The topological polar surface area (TPSA) is 110 Å². The van der Waals surface area contributed by atoms with Gasteiger partial charge in [-0.15, -0.1) is 11.3 Å². The van der Waals surface area contributed by atoms with Crippen LogP contribution in [0.25, 0.3) is 0 Å². The highest BCUT2D eigenvalue weighted by Crippen LogP contribution is 2.40. The van der Waals surface area contributed by atoms with Crippen LogP contribution in [0.1, 0.15) is 43.2 Å². The molecule has 0 saturated heterocycles. The number of carbonyl (C=O) groups excluding carboxylic acids is 1. The molecule has 4 rings (SSSR count). The number of carboxylic acid groups (broad SMARTS) is 1. The van der Waals surface area contributed by atoms with E-state index in [0.717, 1.165) is 16.7 Å². The molecule has 3 aromatic carbocycles. The minimum absolute atomic E-state index is 0.111. The van der Waals surface area contributed by atoms with E-state index >= 15 is 0 Å². The number of benzene rings is 3. The van der Waals surface area contributed by atoms with Crippen molar-refractivity contribution in [2.45, 2.75) is 26.3 Å². The molecule has 200 valence electrons. The second-order valence-electron chi connectivity index (χ2n) is 9.68. The van der Waals surface area contributed by atoms with Crippen LogP contribution in [0.3, 0.4) is 0 Å². The quantitative estimate of drug-likeness (QED) is 0.0640. The Bertz CT molecular complexity index is 1340. The van der Waals surface area contributed by atoms with Crippen molar-refractivity contribution in [3.8, 4) is 0 Å². The zero-order valence-corrected chi connectivity index (χ0v) is 22.6. The van der Waals surface area contributed by atoms with Crippen molar-refractivity contribution in [3.05, 3.63) is 119 Å². The van der Waals surface area contributed by atoms with Crippen LogP contribution < -0.4 is 5.32 Å². The maximum atomic E-state index is 12.0. The van der Waals surface area contributed by atoms with E-state index in [9.17, 15) is 14.7 Å². The first-order valence-electron chi connectivity index (χ1n) is 12.2. The second-order valence-corrected chi connectivity index (χ2v) is 10.5. The van der Waals surface area contributed by atoms with E-state index in [0.29, 0.717) is 5.13 Å². The van der Waals surface area contributed by atoms with Gasteiger partial charge in [0.05, 0.1) is 5.41 Å². The third-order valence-corrected chi connectivity index (χ3v) is 6.63. The molecule has 0 spiro atoms. The molecule has 2 N–H and O–H groups in total. The van der Waals surface area contributed by atoms with Gasteiger partial charge in [0.15, 0.2) is 5.13 Å². The van der Waals surface area contributed by atoms with Gasteiger partial charge in [-0.2, -0.15) is 0 Å². The summed E-state index contributed by atoms with van der Waals surface area (Å²) in [7, 11) is 0. The summed E-state index contributed by atoms with van der Waals surface area (Å²) in [6.07, 6.45) is 0. The van der Waals surface area contributed by atoms with Crippen LogP contribution in [0.5, 0.6) is 0 Å². The molecule has 8 nitrogen and oxygen atoms in total. The highest BCUT2D eigenvalue weighted by atomic mass is 32.1. The molecule has 9 heteroatoms. The zero-order chi connectivity index (χ0) is 27.9. The number of nitrogens with zero attached hydrogens (tertiary/aromatic N) is 2. The Hall–Kier alpha value is -4.50. The van der Waals surface area contributed by atoms with Crippen LogP contribution in [-0.4, -0.2) is 34.5 Å². The molecule has 1 aromatic heterocycles.